The molecule has 0 fully saturated rings. The maximum atomic E-state index is 10.9. The van der Waals surface area contributed by atoms with Crippen molar-refractivity contribution in [2.24, 2.45) is 0 Å². The van der Waals surface area contributed by atoms with Crippen LogP contribution in [0.5, 0.6) is 0 Å². The SMILES string of the molecule is Cc1ccc(-n2nc(C(C)(C)CO)cc2NC(O)Nc2ccc(-c3csc4ncnc(N)c34)cc2Cl)cc1. The Morgan fingerprint density at radius 3 is 2.58 bits per heavy atom. The van der Waals surface area contributed by atoms with Crippen molar-refractivity contribution >= 4 is 50.5 Å². The van der Waals surface area contributed by atoms with Gasteiger partial charge >= 0.3 is 0 Å². The van der Waals surface area contributed by atoms with Gasteiger partial charge in [-0.25, -0.2) is 14.6 Å². The lowest BCUT2D eigenvalue weighted by Gasteiger charge is -2.19. The Hall–Kier alpha value is -3.70. The van der Waals surface area contributed by atoms with Gasteiger partial charge < -0.3 is 26.6 Å². The van der Waals surface area contributed by atoms with Crippen LogP contribution in [0.4, 0.5) is 17.3 Å². The molecule has 0 saturated carbocycles. The number of hydrogen-bond donors (Lipinski definition) is 5. The van der Waals surface area contributed by atoms with Crippen molar-refractivity contribution in [3.63, 3.8) is 0 Å². The number of fused-ring (bicyclic) bond motifs is 1. The summed E-state index contributed by atoms with van der Waals surface area (Å²) in [6, 6.07) is 15.2. The number of nitrogens with zero attached hydrogens (tertiary/aromatic N) is 4. The first-order valence-corrected chi connectivity index (χ1v) is 13.2. The lowest BCUT2D eigenvalue weighted by Crippen LogP contribution is -2.29. The molecule has 6 N–H and O–H groups in total. The van der Waals surface area contributed by atoms with Crippen molar-refractivity contribution in [1.29, 1.82) is 0 Å². The number of anilines is 3. The predicted molar refractivity (Wildman–Crippen MR) is 154 cm³/mol. The fourth-order valence-electron chi connectivity index (χ4n) is 4.01. The molecule has 38 heavy (non-hydrogen) atoms. The van der Waals surface area contributed by atoms with E-state index in [9.17, 15) is 10.2 Å². The van der Waals surface area contributed by atoms with Crippen molar-refractivity contribution < 1.29 is 10.2 Å². The highest BCUT2D eigenvalue weighted by atomic mass is 35.5. The first-order valence-electron chi connectivity index (χ1n) is 11.9. The minimum atomic E-state index is -1.18. The molecule has 0 radical (unpaired) electrons. The van der Waals surface area contributed by atoms with E-state index in [4.69, 9.17) is 22.4 Å². The van der Waals surface area contributed by atoms with Gasteiger partial charge in [0.2, 0.25) is 6.35 Å². The molecule has 0 amide bonds. The summed E-state index contributed by atoms with van der Waals surface area (Å²) in [7, 11) is 0. The van der Waals surface area contributed by atoms with Gasteiger partial charge in [0.05, 0.1) is 34.1 Å². The van der Waals surface area contributed by atoms with Gasteiger partial charge in [0.15, 0.2) is 0 Å². The molecule has 0 bridgehead atoms. The van der Waals surface area contributed by atoms with Gasteiger partial charge in [-0.1, -0.05) is 49.2 Å². The quantitative estimate of drug-likeness (QED) is 0.168. The van der Waals surface area contributed by atoms with Crippen molar-refractivity contribution in [2.45, 2.75) is 32.5 Å². The molecule has 0 spiro atoms. The molecule has 5 aromatic rings. The average Bonchev–Trinajstić information content (AvgIpc) is 3.52. The van der Waals surface area contributed by atoms with E-state index in [1.807, 2.05) is 68.6 Å². The van der Waals surface area contributed by atoms with E-state index in [0.717, 1.165) is 32.6 Å². The van der Waals surface area contributed by atoms with Crippen molar-refractivity contribution in [2.75, 3.05) is 23.0 Å². The Bertz CT molecular complexity index is 1600. The van der Waals surface area contributed by atoms with Crippen LogP contribution in [0, 0.1) is 6.92 Å². The standard InChI is InChI=1S/C27H28ClN7O2S/c1-15-4-7-17(8-5-15)35-22(11-21(34-35)27(2,3)13-36)33-26(37)32-20-9-6-16(10-19(20)28)18-12-38-25-23(18)24(29)30-14-31-25/h4-12,14,26,32-33,36-37H,13H2,1-3H3,(H2,29,30,31). The predicted octanol–water partition coefficient (Wildman–Crippen LogP) is 5.16. The number of halogens is 1. The number of nitrogen functional groups attached to an aromatic ring is 1. The van der Waals surface area contributed by atoms with Gasteiger partial charge in [0.1, 0.15) is 22.8 Å². The minimum Gasteiger partial charge on any atom is -0.395 e. The van der Waals surface area contributed by atoms with E-state index >= 15 is 0 Å². The molecule has 11 heteroatoms. The Balaban J connectivity index is 1.40. The third-order valence-electron chi connectivity index (χ3n) is 6.33. The van der Waals surface area contributed by atoms with E-state index in [0.29, 0.717) is 28.0 Å². The van der Waals surface area contributed by atoms with Gasteiger partial charge in [-0.2, -0.15) is 5.10 Å². The smallest absolute Gasteiger partial charge is 0.204 e. The molecule has 0 saturated heterocycles. The maximum absolute atomic E-state index is 10.9. The largest absolute Gasteiger partial charge is 0.395 e. The van der Waals surface area contributed by atoms with Crippen LogP contribution in [0.25, 0.3) is 27.0 Å². The van der Waals surface area contributed by atoms with Gasteiger partial charge in [-0.15, -0.1) is 11.3 Å². The Labute approximate surface area is 228 Å². The number of nitrogens with two attached hydrogens (primary N) is 1. The number of aliphatic hydroxyl groups is 2. The second-order valence-electron chi connectivity index (χ2n) is 9.68. The lowest BCUT2D eigenvalue weighted by atomic mass is 9.91. The van der Waals surface area contributed by atoms with Crippen LogP contribution < -0.4 is 16.4 Å². The van der Waals surface area contributed by atoms with Crippen LogP contribution in [-0.2, 0) is 5.41 Å². The molecule has 3 aromatic heterocycles. The zero-order chi connectivity index (χ0) is 27.0. The van der Waals surface area contributed by atoms with Crippen LogP contribution in [-0.4, -0.2) is 42.9 Å². The highest BCUT2D eigenvalue weighted by molar-refractivity contribution is 7.17. The number of aryl methyl sites for hydroxylation is 1. The second kappa shape index (κ2) is 10.2. The molecule has 0 aliphatic rings. The van der Waals surface area contributed by atoms with Crippen molar-refractivity contribution in [3.05, 3.63) is 76.5 Å². The molecular formula is C27H28ClN7O2S. The fraction of sp³-hybridized carbons (Fsp3) is 0.222. The normalized spacial score (nSPS) is 12.6. The van der Waals surface area contributed by atoms with E-state index in [1.165, 1.54) is 17.7 Å². The van der Waals surface area contributed by atoms with Crippen LogP contribution >= 0.6 is 22.9 Å². The first kappa shape index (κ1) is 25.9. The summed E-state index contributed by atoms with van der Waals surface area (Å²) in [6.45, 7) is 5.76. The second-order valence-corrected chi connectivity index (χ2v) is 10.9. The summed E-state index contributed by atoms with van der Waals surface area (Å²) in [4.78, 5) is 9.19. The zero-order valence-electron chi connectivity index (χ0n) is 21.1. The monoisotopic (exact) mass is 549 g/mol. The number of aromatic nitrogens is 4. The third-order valence-corrected chi connectivity index (χ3v) is 7.53. The minimum absolute atomic E-state index is 0.0721. The van der Waals surface area contributed by atoms with E-state index < -0.39 is 11.8 Å². The molecular weight excluding hydrogens is 522 g/mol. The summed E-state index contributed by atoms with van der Waals surface area (Å²) in [5.41, 5.74) is 10.5. The average molecular weight is 550 g/mol. The van der Waals surface area contributed by atoms with E-state index in [1.54, 1.807) is 10.7 Å². The molecule has 0 aliphatic carbocycles. The molecule has 196 valence electrons. The van der Waals surface area contributed by atoms with E-state index in [2.05, 4.69) is 20.6 Å². The summed E-state index contributed by atoms with van der Waals surface area (Å²) in [6.07, 6.45) is 0.264. The van der Waals surface area contributed by atoms with Gasteiger partial charge in [-0.05, 0) is 36.8 Å². The molecule has 2 aromatic carbocycles. The molecule has 1 atom stereocenters. The summed E-state index contributed by atoms with van der Waals surface area (Å²) < 4.78 is 1.70. The van der Waals surface area contributed by atoms with Crippen molar-refractivity contribution in [1.82, 2.24) is 19.7 Å². The number of rotatable bonds is 8. The number of hydrogen-bond acceptors (Lipinski definition) is 9. The lowest BCUT2D eigenvalue weighted by molar-refractivity contribution is 0.215. The highest BCUT2D eigenvalue weighted by Crippen LogP contribution is 2.38. The summed E-state index contributed by atoms with van der Waals surface area (Å²) in [5, 5.41) is 34.7. The summed E-state index contributed by atoms with van der Waals surface area (Å²) in [5.74, 6) is 0.969. The van der Waals surface area contributed by atoms with Gasteiger partial charge in [0.25, 0.3) is 0 Å². The highest BCUT2D eigenvalue weighted by Gasteiger charge is 2.25. The van der Waals surface area contributed by atoms with Crippen molar-refractivity contribution in [3.8, 4) is 16.8 Å². The third kappa shape index (κ3) is 5.03. The molecule has 9 nitrogen and oxygen atoms in total. The Morgan fingerprint density at radius 2 is 1.87 bits per heavy atom. The van der Waals surface area contributed by atoms with Crippen LogP contribution in [0.1, 0.15) is 25.1 Å². The topological polar surface area (TPSA) is 134 Å². The molecule has 3 heterocycles. The fourth-order valence-corrected chi connectivity index (χ4v) is 5.17. The van der Waals surface area contributed by atoms with Gasteiger partial charge in [0, 0.05) is 22.4 Å². The number of nitrogens with one attached hydrogen (secondary N) is 2. The number of thiophene rings is 1. The van der Waals surface area contributed by atoms with E-state index in [-0.39, 0.29) is 6.61 Å². The zero-order valence-corrected chi connectivity index (χ0v) is 22.7. The maximum Gasteiger partial charge on any atom is 0.204 e. The number of benzene rings is 2. The molecule has 0 aliphatic heterocycles. The van der Waals surface area contributed by atoms with Crippen LogP contribution in [0.3, 0.4) is 0 Å². The Morgan fingerprint density at radius 1 is 1.11 bits per heavy atom. The van der Waals surface area contributed by atoms with Gasteiger partial charge in [-0.3, -0.25) is 0 Å². The summed E-state index contributed by atoms with van der Waals surface area (Å²) >= 11 is 8.09. The van der Waals surface area contributed by atoms with Crippen LogP contribution in [0.2, 0.25) is 5.02 Å². The van der Waals surface area contributed by atoms with Crippen LogP contribution in [0.15, 0.2) is 60.2 Å². The molecule has 5 rings (SSSR count). The first-order chi connectivity index (χ1) is 18.2. The number of aliphatic hydroxyl groups excluding tert-OH is 2. The Kier molecular flexibility index (Phi) is 6.97. The molecule has 1 unspecified atom stereocenters.